The van der Waals surface area contributed by atoms with E-state index in [0.717, 1.165) is 36.8 Å². The van der Waals surface area contributed by atoms with Crippen LogP contribution in [0.5, 0.6) is 0 Å². The van der Waals surface area contributed by atoms with Crippen molar-refractivity contribution in [3.8, 4) is 0 Å². The van der Waals surface area contributed by atoms with Crippen molar-refractivity contribution in [2.75, 3.05) is 13.7 Å². The Bertz CT molecular complexity index is 587. The largest absolute Gasteiger partial charge is 0.465 e. The van der Waals surface area contributed by atoms with Crippen molar-refractivity contribution in [3.05, 3.63) is 40.5 Å². The van der Waals surface area contributed by atoms with Crippen LogP contribution in [-0.2, 0) is 20.7 Å². The number of methoxy groups -OCH3 is 1. The highest BCUT2D eigenvalue weighted by atomic mass is 16.5. The third-order valence-electron chi connectivity index (χ3n) is 3.80. The highest BCUT2D eigenvalue weighted by Gasteiger charge is 2.18. The Kier molecular flexibility index (Phi) is 5.75. The van der Waals surface area contributed by atoms with Gasteiger partial charge in [-0.3, -0.25) is 0 Å². The van der Waals surface area contributed by atoms with Crippen molar-refractivity contribution < 1.29 is 19.1 Å². The maximum Gasteiger partial charge on any atom is 0.337 e. The molecule has 1 aromatic rings. The lowest BCUT2D eigenvalue weighted by atomic mass is 9.91. The van der Waals surface area contributed by atoms with Gasteiger partial charge in [-0.05, 0) is 48.6 Å². The van der Waals surface area contributed by atoms with Crippen LogP contribution < -0.4 is 0 Å². The molecule has 4 nitrogen and oxygen atoms in total. The van der Waals surface area contributed by atoms with E-state index in [2.05, 4.69) is 6.92 Å². The molecule has 2 rings (SSSR count). The number of carbonyl (C=O) groups excluding carboxylic acids is 2. The van der Waals surface area contributed by atoms with Crippen LogP contribution in [0.2, 0.25) is 0 Å². The lowest BCUT2D eigenvalue weighted by Crippen LogP contribution is -2.13. The summed E-state index contributed by atoms with van der Waals surface area (Å²) in [6, 6.07) is 5.41. The molecule has 0 heterocycles. The Balaban J connectivity index is 2.04. The summed E-state index contributed by atoms with van der Waals surface area (Å²) in [4.78, 5) is 23.6. The third kappa shape index (κ3) is 3.97. The molecule has 0 saturated carbocycles. The minimum Gasteiger partial charge on any atom is -0.465 e. The summed E-state index contributed by atoms with van der Waals surface area (Å²) < 4.78 is 10.0. The van der Waals surface area contributed by atoms with Crippen molar-refractivity contribution in [2.24, 2.45) is 0 Å². The van der Waals surface area contributed by atoms with Gasteiger partial charge in [0.2, 0.25) is 0 Å². The first-order chi connectivity index (χ1) is 10.7. The van der Waals surface area contributed by atoms with Gasteiger partial charge in [-0.25, -0.2) is 9.59 Å². The number of hydrogen-bond donors (Lipinski definition) is 0. The second kappa shape index (κ2) is 7.78. The first-order valence-corrected chi connectivity index (χ1v) is 7.74. The van der Waals surface area contributed by atoms with Crippen LogP contribution >= 0.6 is 0 Å². The Morgan fingerprint density at radius 3 is 2.68 bits per heavy atom. The van der Waals surface area contributed by atoms with Crippen LogP contribution in [0.25, 0.3) is 6.08 Å². The number of benzene rings is 1. The average Bonchev–Trinajstić information content (AvgIpc) is 2.56. The van der Waals surface area contributed by atoms with Crippen LogP contribution in [0.1, 0.15) is 54.1 Å². The normalized spacial score (nSPS) is 13.1. The summed E-state index contributed by atoms with van der Waals surface area (Å²) in [6.07, 6.45) is 6.33. The molecule has 1 aliphatic rings. The van der Waals surface area contributed by atoms with Crippen molar-refractivity contribution in [2.45, 2.75) is 39.0 Å². The van der Waals surface area contributed by atoms with Gasteiger partial charge in [0, 0.05) is 5.57 Å². The first kappa shape index (κ1) is 16.3. The molecular weight excluding hydrogens is 280 g/mol. The highest BCUT2D eigenvalue weighted by Crippen LogP contribution is 2.26. The van der Waals surface area contributed by atoms with E-state index in [-0.39, 0.29) is 11.9 Å². The van der Waals surface area contributed by atoms with E-state index in [9.17, 15) is 9.59 Å². The number of esters is 2. The molecule has 22 heavy (non-hydrogen) atoms. The summed E-state index contributed by atoms with van der Waals surface area (Å²) in [5.41, 5.74) is 3.28. The number of hydrogen-bond acceptors (Lipinski definition) is 4. The zero-order valence-corrected chi connectivity index (χ0v) is 13.2. The van der Waals surface area contributed by atoms with Crippen LogP contribution in [0.15, 0.2) is 23.8 Å². The number of ether oxygens (including phenoxy) is 2. The predicted molar refractivity (Wildman–Crippen MR) is 84.6 cm³/mol. The maximum atomic E-state index is 12.0. The summed E-state index contributed by atoms with van der Waals surface area (Å²) in [7, 11) is 1.37. The lowest BCUT2D eigenvalue weighted by molar-refractivity contribution is -0.139. The molecule has 0 aromatic heterocycles. The molecule has 4 heteroatoms. The SMILES string of the molecule is CCCCCOC(=O)C1=Cc2ccc(C(=O)OC)cc2CC1. The molecule has 0 bridgehead atoms. The van der Waals surface area contributed by atoms with E-state index < -0.39 is 0 Å². The van der Waals surface area contributed by atoms with Crippen molar-refractivity contribution in [3.63, 3.8) is 0 Å². The molecular formula is C18H22O4. The molecule has 0 N–H and O–H groups in total. The Hall–Kier alpha value is -2.10. The average molecular weight is 302 g/mol. The molecule has 1 aromatic carbocycles. The molecule has 0 fully saturated rings. The molecule has 1 aliphatic carbocycles. The predicted octanol–water partition coefficient (Wildman–Crippen LogP) is 3.54. The van der Waals surface area contributed by atoms with Gasteiger partial charge in [-0.2, -0.15) is 0 Å². The Labute approximate surface area is 131 Å². The molecule has 118 valence electrons. The second-order valence-corrected chi connectivity index (χ2v) is 5.42. The smallest absolute Gasteiger partial charge is 0.337 e. The molecule has 0 atom stereocenters. The van der Waals surface area contributed by atoms with Gasteiger partial charge >= 0.3 is 11.9 Å². The summed E-state index contributed by atoms with van der Waals surface area (Å²) in [6.45, 7) is 2.60. The van der Waals surface area contributed by atoms with E-state index in [1.807, 2.05) is 18.2 Å². The first-order valence-electron chi connectivity index (χ1n) is 7.74. The topological polar surface area (TPSA) is 52.6 Å². The van der Waals surface area contributed by atoms with Crippen LogP contribution in [-0.4, -0.2) is 25.7 Å². The van der Waals surface area contributed by atoms with Crippen LogP contribution in [0.3, 0.4) is 0 Å². The van der Waals surface area contributed by atoms with Crippen molar-refractivity contribution in [1.82, 2.24) is 0 Å². The van der Waals surface area contributed by atoms with E-state index in [4.69, 9.17) is 9.47 Å². The number of aryl methyl sites for hydroxylation is 1. The standard InChI is InChI=1S/C18H22O4/c1-3-4-5-10-22-18(20)16-9-7-13-11-15(17(19)21-2)8-6-14(13)12-16/h6,8,11-12H,3-5,7,9-10H2,1-2H3. The van der Waals surface area contributed by atoms with Crippen molar-refractivity contribution in [1.29, 1.82) is 0 Å². The molecule has 0 spiro atoms. The van der Waals surface area contributed by atoms with Gasteiger partial charge in [-0.15, -0.1) is 0 Å². The van der Waals surface area contributed by atoms with E-state index in [0.29, 0.717) is 24.2 Å². The zero-order valence-electron chi connectivity index (χ0n) is 13.2. The van der Waals surface area contributed by atoms with Gasteiger partial charge in [0.25, 0.3) is 0 Å². The lowest BCUT2D eigenvalue weighted by Gasteiger charge is -2.16. The fraction of sp³-hybridized carbons (Fsp3) is 0.444. The van der Waals surface area contributed by atoms with E-state index in [1.165, 1.54) is 7.11 Å². The van der Waals surface area contributed by atoms with Gasteiger partial charge in [0.1, 0.15) is 0 Å². The van der Waals surface area contributed by atoms with Crippen LogP contribution in [0, 0.1) is 0 Å². The monoisotopic (exact) mass is 302 g/mol. The molecule has 0 radical (unpaired) electrons. The third-order valence-corrected chi connectivity index (χ3v) is 3.80. The summed E-state index contributed by atoms with van der Waals surface area (Å²) >= 11 is 0. The minimum absolute atomic E-state index is 0.223. The number of fused-ring (bicyclic) bond motifs is 1. The highest BCUT2D eigenvalue weighted by molar-refractivity contribution is 5.95. The summed E-state index contributed by atoms with van der Waals surface area (Å²) in [5, 5.41) is 0. The van der Waals surface area contributed by atoms with E-state index >= 15 is 0 Å². The quantitative estimate of drug-likeness (QED) is 0.596. The fourth-order valence-corrected chi connectivity index (χ4v) is 2.51. The molecule has 0 unspecified atom stereocenters. The number of unbranched alkanes of at least 4 members (excludes halogenated alkanes) is 2. The number of rotatable bonds is 6. The zero-order chi connectivity index (χ0) is 15.9. The minimum atomic E-state index is -0.340. The van der Waals surface area contributed by atoms with Crippen LogP contribution in [0.4, 0.5) is 0 Å². The van der Waals surface area contributed by atoms with Gasteiger partial charge in [-0.1, -0.05) is 25.8 Å². The fourth-order valence-electron chi connectivity index (χ4n) is 2.51. The van der Waals surface area contributed by atoms with Crippen molar-refractivity contribution >= 4 is 18.0 Å². The summed E-state index contributed by atoms with van der Waals surface area (Å²) in [5.74, 6) is -0.563. The second-order valence-electron chi connectivity index (χ2n) is 5.42. The Morgan fingerprint density at radius 2 is 1.95 bits per heavy atom. The van der Waals surface area contributed by atoms with Gasteiger partial charge < -0.3 is 9.47 Å². The molecule has 0 saturated heterocycles. The van der Waals surface area contributed by atoms with Gasteiger partial charge in [0.05, 0.1) is 19.3 Å². The number of carbonyl (C=O) groups is 2. The Morgan fingerprint density at radius 1 is 1.14 bits per heavy atom. The maximum absolute atomic E-state index is 12.0. The van der Waals surface area contributed by atoms with E-state index in [1.54, 1.807) is 6.07 Å². The van der Waals surface area contributed by atoms with Gasteiger partial charge in [0.15, 0.2) is 0 Å². The molecule has 0 amide bonds. The molecule has 0 aliphatic heterocycles.